The quantitative estimate of drug-likeness (QED) is 0.848. The zero-order chi connectivity index (χ0) is 14.4. The zero-order valence-electron chi connectivity index (χ0n) is 11.5. The molecule has 0 saturated heterocycles. The van der Waals surface area contributed by atoms with E-state index in [4.69, 9.17) is 0 Å². The van der Waals surface area contributed by atoms with Crippen molar-refractivity contribution in [2.45, 2.75) is 25.3 Å². The minimum Gasteiger partial charge on any atom is -0.370 e. The molecule has 2 N–H and O–H groups in total. The summed E-state index contributed by atoms with van der Waals surface area (Å²) in [6.45, 7) is 1.70. The number of halogens is 2. The summed E-state index contributed by atoms with van der Waals surface area (Å²) >= 11 is 0. The number of hydrogen-bond acceptors (Lipinski definition) is 3. The third kappa shape index (κ3) is 2.05. The molecule has 21 heavy (non-hydrogen) atoms. The van der Waals surface area contributed by atoms with E-state index in [1.54, 1.807) is 0 Å². The molecule has 6 heteroatoms. The molecule has 2 aliphatic rings. The molecule has 4 rings (SSSR count). The van der Waals surface area contributed by atoms with Gasteiger partial charge in [0.2, 0.25) is 0 Å². The number of hydrogen-bond donors (Lipinski definition) is 2. The van der Waals surface area contributed by atoms with Crippen molar-refractivity contribution < 1.29 is 8.78 Å². The maximum atomic E-state index is 13.5. The molecule has 0 fully saturated rings. The largest absolute Gasteiger partial charge is 0.370 e. The monoisotopic (exact) mass is 290 g/mol. The third-order valence-corrected chi connectivity index (χ3v) is 4.18. The first kappa shape index (κ1) is 12.6. The summed E-state index contributed by atoms with van der Waals surface area (Å²) in [6, 6.07) is 3.58. The Balaban J connectivity index is 1.81. The van der Waals surface area contributed by atoms with E-state index in [9.17, 15) is 8.78 Å². The van der Waals surface area contributed by atoms with Crippen LogP contribution in [0, 0.1) is 11.6 Å². The maximum Gasteiger partial charge on any atom is 0.153 e. The fourth-order valence-electron chi connectivity index (χ4n) is 3.26. The molecule has 0 aliphatic carbocycles. The van der Waals surface area contributed by atoms with Crippen molar-refractivity contribution in [2.24, 2.45) is 0 Å². The average Bonchev–Trinajstić information content (AvgIpc) is 2.84. The van der Waals surface area contributed by atoms with E-state index in [1.165, 1.54) is 17.7 Å². The molecule has 0 amide bonds. The maximum absolute atomic E-state index is 13.5. The van der Waals surface area contributed by atoms with E-state index >= 15 is 0 Å². The van der Waals surface area contributed by atoms with Gasteiger partial charge in [-0.05, 0) is 37.0 Å². The summed E-state index contributed by atoms with van der Waals surface area (Å²) < 4.78 is 28.9. The highest BCUT2D eigenvalue weighted by molar-refractivity contribution is 5.62. The summed E-state index contributed by atoms with van der Waals surface area (Å²) in [5, 5.41) is 11.3. The van der Waals surface area contributed by atoms with Crippen molar-refractivity contribution in [1.29, 1.82) is 0 Å². The Bertz CT molecular complexity index is 675. The van der Waals surface area contributed by atoms with Crippen LogP contribution in [0.2, 0.25) is 0 Å². The fourth-order valence-corrected chi connectivity index (χ4v) is 3.26. The lowest BCUT2D eigenvalue weighted by Crippen LogP contribution is -2.25. The van der Waals surface area contributed by atoms with Gasteiger partial charge in [0.25, 0.3) is 0 Å². The highest BCUT2D eigenvalue weighted by Crippen LogP contribution is 2.37. The van der Waals surface area contributed by atoms with Gasteiger partial charge in [0.15, 0.2) is 5.82 Å². The smallest absolute Gasteiger partial charge is 0.153 e. The van der Waals surface area contributed by atoms with Crippen LogP contribution in [0.25, 0.3) is 0 Å². The van der Waals surface area contributed by atoms with Gasteiger partial charge < -0.3 is 10.6 Å². The molecule has 110 valence electrons. The lowest BCUT2D eigenvalue weighted by molar-refractivity contribution is 0.475. The third-order valence-electron chi connectivity index (χ3n) is 4.18. The van der Waals surface area contributed by atoms with Crippen molar-refractivity contribution in [2.75, 3.05) is 23.7 Å². The van der Waals surface area contributed by atoms with Crippen LogP contribution >= 0.6 is 0 Å². The Morgan fingerprint density at radius 3 is 2.71 bits per heavy atom. The van der Waals surface area contributed by atoms with Crippen molar-refractivity contribution in [1.82, 2.24) is 9.78 Å². The molecule has 2 aromatic rings. The molecule has 2 aliphatic heterocycles. The lowest BCUT2D eigenvalue weighted by Gasteiger charge is -2.26. The minimum atomic E-state index is -0.542. The molecule has 1 unspecified atom stereocenters. The van der Waals surface area contributed by atoms with Crippen LogP contribution in [0.15, 0.2) is 18.2 Å². The van der Waals surface area contributed by atoms with E-state index < -0.39 is 11.6 Å². The van der Waals surface area contributed by atoms with Crippen LogP contribution in [0.5, 0.6) is 0 Å². The van der Waals surface area contributed by atoms with E-state index in [0.29, 0.717) is 5.56 Å². The van der Waals surface area contributed by atoms with Crippen molar-refractivity contribution >= 4 is 11.6 Å². The summed E-state index contributed by atoms with van der Waals surface area (Å²) in [5.41, 5.74) is 1.82. The Hall–Kier alpha value is -2.11. The second-order valence-electron chi connectivity index (χ2n) is 5.58. The van der Waals surface area contributed by atoms with Crippen molar-refractivity contribution in [3.05, 3.63) is 41.0 Å². The molecule has 1 atom stereocenters. The van der Waals surface area contributed by atoms with Crippen molar-refractivity contribution in [3.8, 4) is 0 Å². The lowest BCUT2D eigenvalue weighted by atomic mass is 10.0. The predicted molar refractivity (Wildman–Crippen MR) is 76.6 cm³/mol. The number of anilines is 2. The summed E-state index contributed by atoms with van der Waals surface area (Å²) in [5.74, 6) is 0.797. The number of benzene rings is 1. The van der Waals surface area contributed by atoms with Gasteiger partial charge in [-0.1, -0.05) is 0 Å². The summed E-state index contributed by atoms with van der Waals surface area (Å²) in [7, 11) is 0. The highest BCUT2D eigenvalue weighted by atomic mass is 19.1. The van der Waals surface area contributed by atoms with Gasteiger partial charge in [-0.3, -0.25) is 0 Å². The number of aromatic nitrogens is 2. The van der Waals surface area contributed by atoms with Crippen LogP contribution < -0.4 is 10.6 Å². The van der Waals surface area contributed by atoms with Crippen LogP contribution in [-0.2, 0) is 6.42 Å². The summed E-state index contributed by atoms with van der Waals surface area (Å²) in [4.78, 5) is 0. The van der Waals surface area contributed by atoms with Gasteiger partial charge in [-0.15, -0.1) is 0 Å². The molecule has 0 spiro atoms. The Labute approximate surface area is 121 Å². The predicted octanol–water partition coefficient (Wildman–Crippen LogP) is 2.92. The minimum absolute atomic E-state index is 0.126. The first-order valence-corrected chi connectivity index (χ1v) is 7.27. The average molecular weight is 290 g/mol. The van der Waals surface area contributed by atoms with Gasteiger partial charge >= 0.3 is 0 Å². The van der Waals surface area contributed by atoms with Crippen molar-refractivity contribution in [3.63, 3.8) is 0 Å². The van der Waals surface area contributed by atoms with Crippen LogP contribution in [0.1, 0.15) is 30.0 Å². The van der Waals surface area contributed by atoms with Crippen LogP contribution in [-0.4, -0.2) is 22.9 Å². The molecular weight excluding hydrogens is 274 g/mol. The SMILES string of the molecule is Fc1cc(F)cc(C2CCNc3c4c(nn32)NCCC4)c1. The van der Waals surface area contributed by atoms with E-state index in [-0.39, 0.29) is 6.04 Å². The molecular formula is C15H16F2N4. The number of rotatable bonds is 1. The van der Waals surface area contributed by atoms with E-state index in [0.717, 1.165) is 50.1 Å². The number of nitrogens with one attached hydrogen (secondary N) is 2. The second kappa shape index (κ2) is 4.72. The van der Waals surface area contributed by atoms with Gasteiger partial charge in [0.1, 0.15) is 17.5 Å². The first-order valence-electron chi connectivity index (χ1n) is 7.27. The van der Waals surface area contributed by atoms with Gasteiger partial charge in [0.05, 0.1) is 6.04 Å². The fraction of sp³-hybridized carbons (Fsp3) is 0.400. The van der Waals surface area contributed by atoms with Crippen LogP contribution in [0.3, 0.4) is 0 Å². The first-order chi connectivity index (χ1) is 10.2. The van der Waals surface area contributed by atoms with Gasteiger partial charge in [-0.2, -0.15) is 5.10 Å². The molecule has 0 bridgehead atoms. The molecule has 4 nitrogen and oxygen atoms in total. The molecule has 1 aromatic heterocycles. The Morgan fingerprint density at radius 2 is 1.90 bits per heavy atom. The molecule has 3 heterocycles. The molecule has 1 aromatic carbocycles. The number of fused-ring (bicyclic) bond motifs is 3. The highest BCUT2D eigenvalue weighted by Gasteiger charge is 2.29. The van der Waals surface area contributed by atoms with E-state index in [1.807, 2.05) is 4.68 Å². The standard InChI is InChI=1S/C15H16F2N4/c16-10-6-9(7-11(17)8-10)13-3-5-19-15-12-2-1-4-18-14(12)20-21(13)15/h6-8,13,19H,1-5H2,(H,18,20). The molecule has 0 radical (unpaired) electrons. The van der Waals surface area contributed by atoms with Gasteiger partial charge in [-0.25, -0.2) is 13.5 Å². The Morgan fingerprint density at radius 1 is 1.10 bits per heavy atom. The number of nitrogens with zero attached hydrogens (tertiary/aromatic N) is 2. The zero-order valence-corrected chi connectivity index (χ0v) is 11.5. The molecule has 0 saturated carbocycles. The summed E-state index contributed by atoms with van der Waals surface area (Å²) in [6.07, 6.45) is 2.82. The van der Waals surface area contributed by atoms with Crippen LogP contribution in [0.4, 0.5) is 20.4 Å². The van der Waals surface area contributed by atoms with E-state index in [2.05, 4.69) is 15.7 Å². The second-order valence-corrected chi connectivity index (χ2v) is 5.58. The van der Waals surface area contributed by atoms with Gasteiger partial charge in [0, 0.05) is 24.7 Å². The Kier molecular flexibility index (Phi) is 2.83. The normalized spacial score (nSPS) is 20.2. The topological polar surface area (TPSA) is 41.9 Å².